The molecule has 0 radical (unpaired) electrons. The van der Waals surface area contributed by atoms with Crippen LogP contribution in [0.15, 0.2) is 11.6 Å². The van der Waals surface area contributed by atoms with Crippen LogP contribution in [-0.2, 0) is 28.7 Å². The first-order valence-corrected chi connectivity index (χ1v) is 14.0. The van der Waals surface area contributed by atoms with Crippen LogP contribution in [0.4, 0.5) is 0 Å². The number of carbonyl (C=O) groups is 4. The zero-order valence-electron chi connectivity index (χ0n) is 22.1. The topological polar surface area (TPSA) is 90.0 Å². The number of hydrogen-bond donors (Lipinski definition) is 0. The summed E-state index contributed by atoms with van der Waals surface area (Å²) in [5.41, 5.74) is 1.50. The summed E-state index contributed by atoms with van der Waals surface area (Å²) in [6.07, 6.45) is 11.3. The van der Waals surface area contributed by atoms with Crippen LogP contribution in [0.5, 0.6) is 0 Å². The smallest absolute Gasteiger partial charge is 0.328 e. The maximum Gasteiger partial charge on any atom is 0.328 e. The summed E-state index contributed by atoms with van der Waals surface area (Å²) < 4.78 is 10.9. The predicted molar refractivity (Wildman–Crippen MR) is 133 cm³/mol. The van der Waals surface area contributed by atoms with Crippen LogP contribution in [-0.4, -0.2) is 54.3 Å². The van der Waals surface area contributed by atoms with Gasteiger partial charge >= 0.3 is 11.9 Å². The van der Waals surface area contributed by atoms with Gasteiger partial charge in [0.15, 0.2) is 5.78 Å². The zero-order valence-corrected chi connectivity index (χ0v) is 22.1. The van der Waals surface area contributed by atoms with Crippen LogP contribution in [0.2, 0.25) is 0 Å². The number of amides is 1. The van der Waals surface area contributed by atoms with E-state index in [1.165, 1.54) is 12.7 Å². The summed E-state index contributed by atoms with van der Waals surface area (Å²) in [5, 5.41) is 0. The molecule has 5 aliphatic rings. The lowest BCUT2D eigenvalue weighted by Crippen LogP contribution is -2.51. The third-order valence-electron chi connectivity index (χ3n) is 10.7. The third kappa shape index (κ3) is 4.20. The molecular formula is C29H41NO6. The van der Waals surface area contributed by atoms with Crippen molar-refractivity contribution >= 4 is 23.6 Å². The van der Waals surface area contributed by atoms with Crippen LogP contribution in [0.25, 0.3) is 0 Å². The Morgan fingerprint density at radius 1 is 1.00 bits per heavy atom. The van der Waals surface area contributed by atoms with Gasteiger partial charge in [-0.2, -0.15) is 0 Å². The average Bonchev–Trinajstić information content (AvgIpc) is 3.47. The molecule has 3 saturated carbocycles. The van der Waals surface area contributed by atoms with Gasteiger partial charge < -0.3 is 14.4 Å². The molecule has 4 fully saturated rings. The van der Waals surface area contributed by atoms with Crippen molar-refractivity contribution in [2.75, 3.05) is 13.7 Å². The minimum Gasteiger partial charge on any atom is -0.467 e. The van der Waals surface area contributed by atoms with E-state index in [0.29, 0.717) is 42.9 Å². The van der Waals surface area contributed by atoms with Crippen LogP contribution in [0.3, 0.4) is 0 Å². The lowest BCUT2D eigenvalue weighted by atomic mass is 9.47. The molecular weight excluding hydrogens is 458 g/mol. The van der Waals surface area contributed by atoms with E-state index in [0.717, 1.165) is 51.4 Å². The van der Waals surface area contributed by atoms with Crippen molar-refractivity contribution in [1.82, 2.24) is 4.90 Å². The molecule has 0 spiro atoms. The normalized spacial score (nSPS) is 39.5. The van der Waals surface area contributed by atoms with Gasteiger partial charge in [-0.15, -0.1) is 0 Å². The SMILES string of the molecule is COC(=O)[C@@H]1CCCN1C(=O)CCC(=O)O[C@@H]1CC[C@H]2[C@@H]3CCC4=CC(=O)CC[C@]4(C)[C@H]3CC[C@]12C. The molecule has 0 aromatic heterocycles. The first-order chi connectivity index (χ1) is 17.2. The van der Waals surface area contributed by atoms with Crippen molar-refractivity contribution in [3.05, 3.63) is 11.6 Å². The van der Waals surface area contributed by atoms with E-state index < -0.39 is 6.04 Å². The van der Waals surface area contributed by atoms with Crippen molar-refractivity contribution in [2.45, 2.75) is 103 Å². The molecule has 5 rings (SSSR count). The Morgan fingerprint density at radius 2 is 1.81 bits per heavy atom. The molecule has 0 aromatic rings. The van der Waals surface area contributed by atoms with Crippen molar-refractivity contribution in [3.63, 3.8) is 0 Å². The van der Waals surface area contributed by atoms with Gasteiger partial charge in [-0.1, -0.05) is 19.4 Å². The number of ketones is 1. The number of nitrogens with zero attached hydrogens (tertiary/aromatic N) is 1. The fourth-order valence-corrected chi connectivity index (χ4v) is 8.72. The molecule has 198 valence electrons. The minimum atomic E-state index is -0.529. The van der Waals surface area contributed by atoms with E-state index in [9.17, 15) is 19.2 Å². The molecule has 1 heterocycles. The Labute approximate surface area is 214 Å². The molecule has 0 aromatic carbocycles. The largest absolute Gasteiger partial charge is 0.467 e. The van der Waals surface area contributed by atoms with Crippen molar-refractivity contribution in [2.24, 2.45) is 28.6 Å². The standard InChI is InChI=1S/C29H41NO6/c1-28-14-12-19(31)17-18(28)6-7-20-21-8-9-24(29(21,2)15-13-22(20)28)36-26(33)11-10-25(32)30-16-4-5-23(30)27(34)35-3/h17,20-24H,4-16H2,1-3H3/t20-,21-,22-,23-,24+,28-,29-/m0/s1. The van der Waals surface area contributed by atoms with Gasteiger partial charge in [-0.25, -0.2) is 4.79 Å². The molecule has 7 heteroatoms. The number of methoxy groups -OCH3 is 1. The number of esters is 2. The number of fused-ring (bicyclic) bond motifs is 5. The second-order valence-electron chi connectivity index (χ2n) is 12.3. The summed E-state index contributed by atoms with van der Waals surface area (Å²) in [5.74, 6) is 1.19. The van der Waals surface area contributed by atoms with Gasteiger partial charge in [0.2, 0.25) is 5.91 Å². The number of ether oxygens (including phenoxy) is 2. The van der Waals surface area contributed by atoms with Gasteiger partial charge in [0, 0.05) is 24.8 Å². The molecule has 7 atom stereocenters. The van der Waals surface area contributed by atoms with Crippen molar-refractivity contribution in [3.8, 4) is 0 Å². The second-order valence-corrected chi connectivity index (χ2v) is 12.3. The fraction of sp³-hybridized carbons (Fsp3) is 0.793. The molecule has 7 nitrogen and oxygen atoms in total. The van der Waals surface area contributed by atoms with E-state index >= 15 is 0 Å². The molecule has 0 unspecified atom stereocenters. The first-order valence-electron chi connectivity index (χ1n) is 14.0. The Morgan fingerprint density at radius 3 is 2.58 bits per heavy atom. The van der Waals surface area contributed by atoms with Gasteiger partial charge in [0.1, 0.15) is 12.1 Å². The Hall–Kier alpha value is -2.18. The fourth-order valence-electron chi connectivity index (χ4n) is 8.72. The Balaban J connectivity index is 1.19. The monoisotopic (exact) mass is 499 g/mol. The third-order valence-corrected chi connectivity index (χ3v) is 10.7. The molecule has 1 saturated heterocycles. The van der Waals surface area contributed by atoms with Crippen LogP contribution in [0, 0.1) is 28.6 Å². The van der Waals surface area contributed by atoms with Crippen LogP contribution in [0.1, 0.15) is 90.9 Å². The minimum absolute atomic E-state index is 0.0200. The zero-order chi connectivity index (χ0) is 25.7. The summed E-state index contributed by atoms with van der Waals surface area (Å²) in [4.78, 5) is 51.1. The predicted octanol–water partition coefficient (Wildman–Crippen LogP) is 4.37. The van der Waals surface area contributed by atoms with Gasteiger partial charge in [-0.05, 0) is 87.0 Å². The second kappa shape index (κ2) is 9.60. The molecule has 0 bridgehead atoms. The van der Waals surface area contributed by atoms with E-state index in [1.807, 2.05) is 6.08 Å². The van der Waals surface area contributed by atoms with Gasteiger partial charge in [-0.3, -0.25) is 14.4 Å². The summed E-state index contributed by atoms with van der Waals surface area (Å²) in [6.45, 7) is 5.23. The van der Waals surface area contributed by atoms with E-state index in [1.54, 1.807) is 4.90 Å². The van der Waals surface area contributed by atoms with Crippen molar-refractivity contribution < 1.29 is 28.7 Å². The molecule has 1 amide bonds. The lowest BCUT2D eigenvalue weighted by Gasteiger charge is -2.57. The first kappa shape index (κ1) is 25.5. The number of hydrogen-bond acceptors (Lipinski definition) is 6. The van der Waals surface area contributed by atoms with Gasteiger partial charge in [0.05, 0.1) is 13.5 Å². The van der Waals surface area contributed by atoms with E-state index in [2.05, 4.69) is 13.8 Å². The van der Waals surface area contributed by atoms with E-state index in [4.69, 9.17) is 9.47 Å². The summed E-state index contributed by atoms with van der Waals surface area (Å²) >= 11 is 0. The highest BCUT2D eigenvalue weighted by Crippen LogP contribution is 2.65. The van der Waals surface area contributed by atoms with Crippen LogP contribution < -0.4 is 0 Å². The van der Waals surface area contributed by atoms with Crippen LogP contribution >= 0.6 is 0 Å². The summed E-state index contributed by atoms with van der Waals surface area (Å²) in [7, 11) is 1.34. The average molecular weight is 500 g/mol. The highest BCUT2D eigenvalue weighted by molar-refractivity contribution is 5.91. The van der Waals surface area contributed by atoms with Crippen molar-refractivity contribution in [1.29, 1.82) is 0 Å². The highest BCUT2D eigenvalue weighted by atomic mass is 16.5. The molecule has 4 aliphatic carbocycles. The lowest BCUT2D eigenvalue weighted by molar-refractivity contribution is -0.161. The maximum absolute atomic E-state index is 12.8. The number of likely N-dealkylation sites (tertiary alicyclic amines) is 1. The molecule has 0 N–H and O–H groups in total. The number of carbonyl (C=O) groups excluding carboxylic acids is 4. The number of rotatable bonds is 5. The molecule has 1 aliphatic heterocycles. The maximum atomic E-state index is 12.8. The summed E-state index contributed by atoms with van der Waals surface area (Å²) in [6, 6.07) is -0.529. The quantitative estimate of drug-likeness (QED) is 0.522. The Bertz CT molecular complexity index is 973. The molecule has 36 heavy (non-hydrogen) atoms. The number of allylic oxidation sites excluding steroid dienone is 1. The van der Waals surface area contributed by atoms with Gasteiger partial charge in [0.25, 0.3) is 0 Å². The highest BCUT2D eigenvalue weighted by Gasteiger charge is 2.60. The van der Waals surface area contributed by atoms with E-state index in [-0.39, 0.29) is 47.6 Å². The Kier molecular flexibility index (Phi) is 6.80.